The van der Waals surface area contributed by atoms with Crippen LogP contribution in [-0.2, 0) is 28.4 Å². The zero-order valence-electron chi connectivity index (χ0n) is 16.8. The number of aromatic nitrogens is 3. The number of benzene rings is 1. The molecule has 0 aliphatic heterocycles. The molecule has 8 nitrogen and oxygen atoms in total. The standard InChI is InChI=1S/C18H27N5O3S2/c1-6-14(3)19-17(24)12-27-18-21-20-16(22(18)4)11-23(28(5,25)26)15-9-7-13(2)8-10-15/h7-10,14H,6,11-12H2,1-5H3,(H,19,24). The van der Waals surface area contributed by atoms with Gasteiger partial charge in [-0.05, 0) is 32.4 Å². The zero-order chi connectivity index (χ0) is 20.9. The Kier molecular flexibility index (Phi) is 7.48. The number of anilines is 1. The van der Waals surface area contributed by atoms with Crippen molar-refractivity contribution >= 4 is 33.4 Å². The fraction of sp³-hybridized carbons (Fsp3) is 0.500. The highest BCUT2D eigenvalue weighted by Gasteiger charge is 2.21. The van der Waals surface area contributed by atoms with Gasteiger partial charge in [-0.3, -0.25) is 9.10 Å². The van der Waals surface area contributed by atoms with E-state index in [1.807, 2.05) is 32.9 Å². The van der Waals surface area contributed by atoms with E-state index in [4.69, 9.17) is 0 Å². The van der Waals surface area contributed by atoms with Gasteiger partial charge in [0.25, 0.3) is 0 Å². The summed E-state index contributed by atoms with van der Waals surface area (Å²) >= 11 is 1.27. The predicted octanol–water partition coefficient (Wildman–Crippen LogP) is 2.10. The number of carbonyl (C=O) groups is 1. The van der Waals surface area contributed by atoms with Crippen LogP contribution in [0.2, 0.25) is 0 Å². The molecule has 1 unspecified atom stereocenters. The minimum absolute atomic E-state index is 0.0605. The molecule has 0 aliphatic rings. The maximum Gasteiger partial charge on any atom is 0.232 e. The molecule has 28 heavy (non-hydrogen) atoms. The molecular formula is C18H27N5O3S2. The molecule has 0 fully saturated rings. The summed E-state index contributed by atoms with van der Waals surface area (Å²) in [4.78, 5) is 11.9. The first-order valence-electron chi connectivity index (χ1n) is 8.96. The van der Waals surface area contributed by atoms with E-state index in [-0.39, 0.29) is 24.2 Å². The molecule has 2 aromatic rings. The van der Waals surface area contributed by atoms with Crippen molar-refractivity contribution in [3.05, 3.63) is 35.7 Å². The predicted molar refractivity (Wildman–Crippen MR) is 112 cm³/mol. The van der Waals surface area contributed by atoms with Gasteiger partial charge < -0.3 is 9.88 Å². The third-order valence-corrected chi connectivity index (χ3v) is 6.45. The number of nitrogens with one attached hydrogen (secondary N) is 1. The quantitative estimate of drug-likeness (QED) is 0.618. The number of thioether (sulfide) groups is 1. The van der Waals surface area contributed by atoms with Crippen molar-refractivity contribution in [2.45, 2.75) is 44.9 Å². The Morgan fingerprint density at radius 3 is 2.50 bits per heavy atom. The van der Waals surface area contributed by atoms with Gasteiger partial charge in [0.05, 0.1) is 24.2 Å². The molecule has 0 bridgehead atoms. The first-order chi connectivity index (χ1) is 13.1. The van der Waals surface area contributed by atoms with Crippen molar-refractivity contribution in [3.8, 4) is 0 Å². The van der Waals surface area contributed by atoms with Gasteiger partial charge >= 0.3 is 0 Å². The van der Waals surface area contributed by atoms with E-state index in [9.17, 15) is 13.2 Å². The van der Waals surface area contributed by atoms with Crippen molar-refractivity contribution < 1.29 is 13.2 Å². The Morgan fingerprint density at radius 1 is 1.29 bits per heavy atom. The topological polar surface area (TPSA) is 97.2 Å². The summed E-state index contributed by atoms with van der Waals surface area (Å²) in [6, 6.07) is 7.38. The van der Waals surface area contributed by atoms with Crippen LogP contribution in [0.3, 0.4) is 0 Å². The van der Waals surface area contributed by atoms with E-state index in [0.29, 0.717) is 16.7 Å². The maximum absolute atomic E-state index is 12.3. The van der Waals surface area contributed by atoms with Crippen LogP contribution in [0.25, 0.3) is 0 Å². The lowest BCUT2D eigenvalue weighted by Gasteiger charge is -2.22. The molecule has 1 N–H and O–H groups in total. The highest BCUT2D eigenvalue weighted by molar-refractivity contribution is 7.99. The molecule has 1 heterocycles. The first-order valence-corrected chi connectivity index (χ1v) is 11.8. The summed E-state index contributed by atoms with van der Waals surface area (Å²) in [6.45, 7) is 5.96. The third kappa shape index (κ3) is 5.96. The highest BCUT2D eigenvalue weighted by atomic mass is 32.2. The van der Waals surface area contributed by atoms with Crippen molar-refractivity contribution in [2.75, 3.05) is 16.3 Å². The van der Waals surface area contributed by atoms with Gasteiger partial charge in [0.15, 0.2) is 11.0 Å². The summed E-state index contributed by atoms with van der Waals surface area (Å²) in [5.74, 6) is 0.654. The van der Waals surface area contributed by atoms with Gasteiger partial charge in [0.2, 0.25) is 15.9 Å². The Balaban J connectivity index is 2.13. The van der Waals surface area contributed by atoms with Gasteiger partial charge in [-0.1, -0.05) is 36.4 Å². The Morgan fingerprint density at radius 2 is 1.93 bits per heavy atom. The van der Waals surface area contributed by atoms with Crippen LogP contribution in [0.5, 0.6) is 0 Å². The second-order valence-electron chi connectivity index (χ2n) is 6.73. The van der Waals surface area contributed by atoms with Crippen LogP contribution in [0.4, 0.5) is 5.69 Å². The van der Waals surface area contributed by atoms with Gasteiger partial charge in [0, 0.05) is 13.1 Å². The van der Waals surface area contributed by atoms with Crippen LogP contribution < -0.4 is 9.62 Å². The van der Waals surface area contributed by atoms with E-state index in [1.54, 1.807) is 23.7 Å². The van der Waals surface area contributed by atoms with Crippen molar-refractivity contribution in [2.24, 2.45) is 7.05 Å². The largest absolute Gasteiger partial charge is 0.353 e. The minimum atomic E-state index is -3.50. The van der Waals surface area contributed by atoms with Crippen molar-refractivity contribution in [1.29, 1.82) is 0 Å². The second-order valence-corrected chi connectivity index (χ2v) is 9.58. The summed E-state index contributed by atoms with van der Waals surface area (Å²) in [5.41, 5.74) is 1.61. The number of sulfonamides is 1. The van der Waals surface area contributed by atoms with Crippen molar-refractivity contribution in [3.63, 3.8) is 0 Å². The van der Waals surface area contributed by atoms with Crippen LogP contribution in [-0.4, -0.2) is 47.1 Å². The first kappa shape index (κ1) is 22.2. The van der Waals surface area contributed by atoms with E-state index < -0.39 is 10.0 Å². The molecule has 0 saturated heterocycles. The summed E-state index contributed by atoms with van der Waals surface area (Å²) in [5, 5.41) is 11.7. The molecule has 1 aromatic heterocycles. The fourth-order valence-corrected chi connectivity index (χ4v) is 3.99. The average molecular weight is 426 g/mol. The second kappa shape index (κ2) is 9.42. The average Bonchev–Trinajstić information content (AvgIpc) is 2.97. The lowest BCUT2D eigenvalue weighted by Crippen LogP contribution is -2.33. The van der Waals surface area contributed by atoms with Crippen molar-refractivity contribution in [1.82, 2.24) is 20.1 Å². The van der Waals surface area contributed by atoms with Gasteiger partial charge in [-0.15, -0.1) is 10.2 Å². The highest BCUT2D eigenvalue weighted by Crippen LogP contribution is 2.22. The molecule has 1 aromatic carbocycles. The van der Waals surface area contributed by atoms with E-state index in [0.717, 1.165) is 18.2 Å². The molecule has 10 heteroatoms. The van der Waals surface area contributed by atoms with Gasteiger partial charge in [-0.25, -0.2) is 8.42 Å². The number of nitrogens with zero attached hydrogens (tertiary/aromatic N) is 4. The fourth-order valence-electron chi connectivity index (χ4n) is 2.40. The summed E-state index contributed by atoms with van der Waals surface area (Å²) in [7, 11) is -1.73. The molecular weight excluding hydrogens is 398 g/mol. The zero-order valence-corrected chi connectivity index (χ0v) is 18.5. The third-order valence-electron chi connectivity index (χ3n) is 4.28. The van der Waals surface area contributed by atoms with Crippen LogP contribution >= 0.6 is 11.8 Å². The molecule has 1 atom stereocenters. The molecule has 1 amide bonds. The number of amides is 1. The molecule has 0 saturated carbocycles. The molecule has 154 valence electrons. The normalized spacial score (nSPS) is 12.6. The van der Waals surface area contributed by atoms with Gasteiger partial charge in [-0.2, -0.15) is 0 Å². The number of hydrogen-bond acceptors (Lipinski definition) is 6. The Bertz CT molecular complexity index is 910. The summed E-state index contributed by atoms with van der Waals surface area (Å²) in [6.07, 6.45) is 2.03. The lowest BCUT2D eigenvalue weighted by atomic mass is 10.2. The van der Waals surface area contributed by atoms with Gasteiger partial charge in [0.1, 0.15) is 0 Å². The van der Waals surface area contributed by atoms with E-state index in [2.05, 4.69) is 15.5 Å². The monoisotopic (exact) mass is 425 g/mol. The summed E-state index contributed by atoms with van der Waals surface area (Å²) < 4.78 is 27.6. The molecule has 2 rings (SSSR count). The van der Waals surface area contributed by atoms with Crippen LogP contribution in [0.15, 0.2) is 29.4 Å². The Labute approximate surface area is 170 Å². The molecule has 0 radical (unpaired) electrons. The number of rotatable bonds is 9. The Hall–Kier alpha value is -2.07. The SMILES string of the molecule is CCC(C)NC(=O)CSc1nnc(CN(c2ccc(C)cc2)S(C)(=O)=O)n1C. The van der Waals surface area contributed by atoms with Crippen LogP contribution in [0.1, 0.15) is 31.7 Å². The molecule has 0 spiro atoms. The number of hydrogen-bond donors (Lipinski definition) is 1. The number of carbonyl (C=O) groups excluding carboxylic acids is 1. The van der Waals surface area contributed by atoms with Crippen LogP contribution in [0, 0.1) is 6.92 Å². The maximum atomic E-state index is 12.3. The smallest absolute Gasteiger partial charge is 0.232 e. The van der Waals surface area contributed by atoms with E-state index >= 15 is 0 Å². The van der Waals surface area contributed by atoms with E-state index in [1.165, 1.54) is 16.1 Å². The number of aryl methyl sites for hydroxylation is 1. The lowest BCUT2D eigenvalue weighted by molar-refractivity contribution is -0.119. The minimum Gasteiger partial charge on any atom is -0.353 e. The molecule has 0 aliphatic carbocycles.